The van der Waals surface area contributed by atoms with Crippen molar-refractivity contribution in [2.45, 2.75) is 51.7 Å². The second kappa shape index (κ2) is 8.73. The summed E-state index contributed by atoms with van der Waals surface area (Å²) in [5.41, 5.74) is 3.36. The fraction of sp³-hybridized carbons (Fsp3) is 0.346. The second-order valence-electron chi connectivity index (χ2n) is 8.65. The van der Waals surface area contributed by atoms with Crippen molar-refractivity contribution >= 4 is 23.0 Å². The standard InChI is InChI=1S/C26H25NO6/c1-16-13-21-23(18-9-5-10-19(18)24(28)32-21)22(14-16)33-25(29)20-11-6-12-27(20)26(30)31-15-17-7-3-2-4-8-17/h2-4,7-8,13-14,20H,5-6,9-12,15H2,1H3. The molecule has 33 heavy (non-hydrogen) atoms. The van der Waals surface area contributed by atoms with Crippen molar-refractivity contribution in [3.05, 3.63) is 75.1 Å². The van der Waals surface area contributed by atoms with Crippen molar-refractivity contribution in [3.63, 3.8) is 0 Å². The fourth-order valence-electron chi connectivity index (χ4n) is 4.79. The predicted molar refractivity (Wildman–Crippen MR) is 121 cm³/mol. The van der Waals surface area contributed by atoms with E-state index in [0.717, 1.165) is 29.5 Å². The van der Waals surface area contributed by atoms with E-state index in [1.807, 2.05) is 37.3 Å². The predicted octanol–water partition coefficient (Wildman–Crippen LogP) is 4.30. The quantitative estimate of drug-likeness (QED) is 0.337. The Morgan fingerprint density at radius 1 is 1.09 bits per heavy atom. The number of hydrogen-bond acceptors (Lipinski definition) is 6. The molecule has 7 heteroatoms. The molecule has 2 heterocycles. The summed E-state index contributed by atoms with van der Waals surface area (Å²) >= 11 is 0. The summed E-state index contributed by atoms with van der Waals surface area (Å²) in [5.74, 6) is -0.129. The van der Waals surface area contributed by atoms with Crippen LogP contribution in [-0.2, 0) is 29.0 Å². The van der Waals surface area contributed by atoms with Gasteiger partial charge in [0.25, 0.3) is 0 Å². The van der Waals surface area contributed by atoms with Crippen LogP contribution in [-0.4, -0.2) is 29.5 Å². The Bertz CT molecular complexity index is 1280. The van der Waals surface area contributed by atoms with Crippen LogP contribution in [0, 0.1) is 6.92 Å². The zero-order valence-corrected chi connectivity index (χ0v) is 18.5. The molecule has 1 fully saturated rings. The van der Waals surface area contributed by atoms with Crippen molar-refractivity contribution < 1.29 is 23.5 Å². The van der Waals surface area contributed by atoms with Gasteiger partial charge in [-0.1, -0.05) is 30.3 Å². The average molecular weight is 447 g/mol. The number of likely N-dealkylation sites (tertiary alicyclic amines) is 1. The van der Waals surface area contributed by atoms with Crippen molar-refractivity contribution in [2.75, 3.05) is 6.54 Å². The third kappa shape index (κ3) is 4.11. The van der Waals surface area contributed by atoms with Crippen LogP contribution < -0.4 is 10.4 Å². The maximum atomic E-state index is 13.2. The molecular formula is C26H25NO6. The first kappa shape index (κ1) is 21.2. The molecule has 1 aliphatic heterocycles. The lowest BCUT2D eigenvalue weighted by Crippen LogP contribution is -2.42. The van der Waals surface area contributed by atoms with Gasteiger partial charge in [-0.2, -0.15) is 0 Å². The molecule has 7 nitrogen and oxygen atoms in total. The number of fused-ring (bicyclic) bond motifs is 3. The van der Waals surface area contributed by atoms with E-state index >= 15 is 0 Å². The van der Waals surface area contributed by atoms with Gasteiger partial charge in [0, 0.05) is 12.1 Å². The molecule has 0 bridgehead atoms. The first-order chi connectivity index (χ1) is 16.0. The highest BCUT2D eigenvalue weighted by Crippen LogP contribution is 2.35. The molecule has 1 aromatic heterocycles. The van der Waals surface area contributed by atoms with Gasteiger partial charge in [0.1, 0.15) is 24.0 Å². The van der Waals surface area contributed by atoms with Gasteiger partial charge >= 0.3 is 17.7 Å². The average Bonchev–Trinajstić information content (AvgIpc) is 3.48. The van der Waals surface area contributed by atoms with Gasteiger partial charge in [0.05, 0.1) is 5.39 Å². The maximum absolute atomic E-state index is 13.2. The largest absolute Gasteiger partial charge is 0.445 e. The molecule has 0 N–H and O–H groups in total. The van der Waals surface area contributed by atoms with Gasteiger partial charge in [-0.25, -0.2) is 14.4 Å². The summed E-state index contributed by atoms with van der Waals surface area (Å²) in [5, 5.41) is 0.678. The van der Waals surface area contributed by atoms with E-state index in [1.165, 1.54) is 4.90 Å². The summed E-state index contributed by atoms with van der Waals surface area (Å²) in [6.07, 6.45) is 2.95. The normalized spacial score (nSPS) is 17.2. The number of aryl methyl sites for hydroxylation is 2. The topological polar surface area (TPSA) is 86.0 Å². The monoisotopic (exact) mass is 447 g/mol. The minimum Gasteiger partial charge on any atom is -0.445 e. The number of rotatable bonds is 4. The van der Waals surface area contributed by atoms with E-state index in [0.29, 0.717) is 48.1 Å². The highest BCUT2D eigenvalue weighted by atomic mass is 16.6. The number of hydrogen-bond donors (Lipinski definition) is 0. The molecule has 5 rings (SSSR count). The number of carbonyl (C=O) groups excluding carboxylic acids is 2. The van der Waals surface area contributed by atoms with E-state index in [4.69, 9.17) is 13.9 Å². The Balaban J connectivity index is 1.37. The van der Waals surface area contributed by atoms with Gasteiger partial charge in [0.2, 0.25) is 0 Å². The minimum atomic E-state index is -0.715. The molecule has 2 aromatic carbocycles. The molecule has 0 radical (unpaired) electrons. The SMILES string of the molecule is Cc1cc(OC(=O)C2CCCN2C(=O)OCc2ccccc2)c2c3c(c(=O)oc2c1)CCC3. The van der Waals surface area contributed by atoms with Crippen LogP contribution in [0.2, 0.25) is 0 Å². The Kier molecular flexibility index (Phi) is 5.62. The van der Waals surface area contributed by atoms with Crippen LogP contribution in [0.3, 0.4) is 0 Å². The van der Waals surface area contributed by atoms with E-state index in [1.54, 1.807) is 12.1 Å². The summed E-state index contributed by atoms with van der Waals surface area (Å²) in [7, 11) is 0. The highest BCUT2D eigenvalue weighted by Gasteiger charge is 2.37. The third-order valence-electron chi connectivity index (χ3n) is 6.35. The summed E-state index contributed by atoms with van der Waals surface area (Å²) < 4.78 is 16.8. The van der Waals surface area contributed by atoms with Gasteiger partial charge < -0.3 is 13.9 Å². The molecule has 1 atom stereocenters. The lowest BCUT2D eigenvalue weighted by molar-refractivity contribution is -0.138. The molecule has 1 aliphatic carbocycles. The summed E-state index contributed by atoms with van der Waals surface area (Å²) in [6, 6.07) is 12.3. The smallest absolute Gasteiger partial charge is 0.410 e. The first-order valence-electron chi connectivity index (χ1n) is 11.3. The molecule has 0 spiro atoms. The maximum Gasteiger partial charge on any atom is 0.410 e. The summed E-state index contributed by atoms with van der Waals surface area (Å²) in [4.78, 5) is 39.6. The van der Waals surface area contributed by atoms with E-state index < -0.39 is 18.1 Å². The Morgan fingerprint density at radius 3 is 2.70 bits per heavy atom. The number of carbonyl (C=O) groups is 2. The van der Waals surface area contributed by atoms with E-state index in [9.17, 15) is 14.4 Å². The highest BCUT2D eigenvalue weighted by molar-refractivity contribution is 5.92. The van der Waals surface area contributed by atoms with Gasteiger partial charge in [-0.3, -0.25) is 4.90 Å². The molecule has 170 valence electrons. The molecule has 3 aromatic rings. The summed E-state index contributed by atoms with van der Waals surface area (Å²) in [6.45, 7) is 2.44. The third-order valence-corrected chi connectivity index (χ3v) is 6.35. The van der Waals surface area contributed by atoms with Crippen LogP contribution in [0.25, 0.3) is 11.0 Å². The lowest BCUT2D eigenvalue weighted by atomic mass is 10.0. The molecule has 2 aliphatic rings. The number of ether oxygens (including phenoxy) is 2. The van der Waals surface area contributed by atoms with Crippen LogP contribution in [0.4, 0.5) is 4.79 Å². The van der Waals surface area contributed by atoms with Crippen LogP contribution in [0.1, 0.15) is 41.5 Å². The number of amides is 1. The van der Waals surface area contributed by atoms with Gasteiger partial charge in [-0.15, -0.1) is 0 Å². The zero-order valence-electron chi connectivity index (χ0n) is 18.5. The molecule has 1 unspecified atom stereocenters. The Labute approximate surface area is 190 Å². The van der Waals surface area contributed by atoms with Crippen molar-refractivity contribution in [1.29, 1.82) is 0 Å². The van der Waals surface area contributed by atoms with Crippen LogP contribution in [0.15, 0.2) is 51.7 Å². The molecule has 1 saturated heterocycles. The van der Waals surface area contributed by atoms with Gasteiger partial charge in [-0.05, 0) is 67.9 Å². The molecule has 0 saturated carbocycles. The van der Waals surface area contributed by atoms with Crippen molar-refractivity contribution in [2.24, 2.45) is 0 Å². The van der Waals surface area contributed by atoms with Gasteiger partial charge in [0.15, 0.2) is 0 Å². The number of benzene rings is 2. The zero-order chi connectivity index (χ0) is 22.9. The number of esters is 1. The van der Waals surface area contributed by atoms with E-state index in [2.05, 4.69) is 0 Å². The van der Waals surface area contributed by atoms with Crippen LogP contribution >= 0.6 is 0 Å². The number of nitrogens with zero attached hydrogens (tertiary/aromatic N) is 1. The fourth-order valence-corrected chi connectivity index (χ4v) is 4.79. The Morgan fingerprint density at radius 2 is 1.88 bits per heavy atom. The van der Waals surface area contributed by atoms with Crippen molar-refractivity contribution in [1.82, 2.24) is 4.90 Å². The Hall–Kier alpha value is -3.61. The molecule has 1 amide bonds. The van der Waals surface area contributed by atoms with Crippen molar-refractivity contribution in [3.8, 4) is 5.75 Å². The minimum absolute atomic E-state index is 0.144. The molecular weight excluding hydrogens is 422 g/mol. The lowest BCUT2D eigenvalue weighted by Gasteiger charge is -2.23. The van der Waals surface area contributed by atoms with Crippen LogP contribution in [0.5, 0.6) is 5.75 Å². The second-order valence-corrected chi connectivity index (χ2v) is 8.65. The first-order valence-corrected chi connectivity index (χ1v) is 11.3. The van der Waals surface area contributed by atoms with E-state index in [-0.39, 0.29) is 12.2 Å².